The maximum atomic E-state index is 5.70. The first-order valence-corrected chi connectivity index (χ1v) is 5.91. The molecule has 3 heteroatoms. The van der Waals surface area contributed by atoms with Crippen molar-refractivity contribution in [3.63, 3.8) is 0 Å². The van der Waals surface area contributed by atoms with Crippen molar-refractivity contribution in [2.75, 3.05) is 12.5 Å². The average molecular weight is 278 g/mol. The summed E-state index contributed by atoms with van der Waals surface area (Å²) in [6.07, 6.45) is 0. The van der Waals surface area contributed by atoms with Gasteiger partial charge in [0.1, 0.15) is 5.75 Å². The zero-order valence-electron chi connectivity index (χ0n) is 8.39. The summed E-state index contributed by atoms with van der Waals surface area (Å²) in [6.45, 7) is 4.78. The fourth-order valence-electron chi connectivity index (χ4n) is 1.05. The standard InChI is InChI=1S/C11H14BrClO/c1-8(6-13)7-14-11-4-3-10(12)5-9(11)2/h3-5,8H,6-7H2,1-2H3. The van der Waals surface area contributed by atoms with E-state index in [1.807, 2.05) is 25.1 Å². The molecule has 0 aromatic heterocycles. The van der Waals surface area contributed by atoms with Gasteiger partial charge in [-0.15, -0.1) is 11.6 Å². The highest BCUT2D eigenvalue weighted by Crippen LogP contribution is 2.22. The fraction of sp³-hybridized carbons (Fsp3) is 0.455. The van der Waals surface area contributed by atoms with E-state index in [2.05, 4.69) is 22.9 Å². The third-order valence-electron chi connectivity index (χ3n) is 1.92. The van der Waals surface area contributed by atoms with Crippen LogP contribution in [0.25, 0.3) is 0 Å². The van der Waals surface area contributed by atoms with Crippen molar-refractivity contribution in [1.82, 2.24) is 0 Å². The van der Waals surface area contributed by atoms with Crippen LogP contribution in [0.1, 0.15) is 12.5 Å². The second kappa shape index (κ2) is 5.62. The molecule has 0 spiro atoms. The number of benzene rings is 1. The minimum Gasteiger partial charge on any atom is -0.493 e. The van der Waals surface area contributed by atoms with Gasteiger partial charge in [-0.1, -0.05) is 22.9 Å². The number of rotatable bonds is 4. The van der Waals surface area contributed by atoms with Gasteiger partial charge >= 0.3 is 0 Å². The maximum Gasteiger partial charge on any atom is 0.122 e. The van der Waals surface area contributed by atoms with Gasteiger partial charge in [0.15, 0.2) is 0 Å². The van der Waals surface area contributed by atoms with Crippen molar-refractivity contribution in [2.45, 2.75) is 13.8 Å². The van der Waals surface area contributed by atoms with Gasteiger partial charge in [-0.3, -0.25) is 0 Å². The Labute approximate surface area is 98.5 Å². The van der Waals surface area contributed by atoms with Crippen LogP contribution in [0.4, 0.5) is 0 Å². The second-order valence-electron chi connectivity index (χ2n) is 3.48. The van der Waals surface area contributed by atoms with Gasteiger partial charge in [0, 0.05) is 16.3 Å². The largest absolute Gasteiger partial charge is 0.493 e. The highest BCUT2D eigenvalue weighted by Gasteiger charge is 2.03. The molecule has 1 atom stereocenters. The van der Waals surface area contributed by atoms with Crippen molar-refractivity contribution in [3.05, 3.63) is 28.2 Å². The summed E-state index contributed by atoms with van der Waals surface area (Å²) in [5, 5.41) is 0. The third kappa shape index (κ3) is 3.50. The van der Waals surface area contributed by atoms with E-state index in [1.54, 1.807) is 0 Å². The Morgan fingerprint density at radius 2 is 2.21 bits per heavy atom. The van der Waals surface area contributed by atoms with Gasteiger partial charge in [-0.05, 0) is 30.7 Å². The van der Waals surface area contributed by atoms with Crippen molar-refractivity contribution in [3.8, 4) is 5.75 Å². The minimum atomic E-state index is 0.389. The van der Waals surface area contributed by atoms with Crippen LogP contribution in [0.15, 0.2) is 22.7 Å². The van der Waals surface area contributed by atoms with Crippen LogP contribution in [-0.2, 0) is 0 Å². The minimum absolute atomic E-state index is 0.389. The molecule has 0 saturated heterocycles. The molecule has 0 aliphatic rings. The Balaban J connectivity index is 2.59. The van der Waals surface area contributed by atoms with Crippen LogP contribution in [0.3, 0.4) is 0 Å². The van der Waals surface area contributed by atoms with E-state index in [0.29, 0.717) is 18.4 Å². The van der Waals surface area contributed by atoms with Crippen LogP contribution < -0.4 is 4.74 Å². The highest BCUT2D eigenvalue weighted by atomic mass is 79.9. The number of alkyl halides is 1. The first-order chi connectivity index (χ1) is 6.63. The van der Waals surface area contributed by atoms with Crippen LogP contribution in [0, 0.1) is 12.8 Å². The first kappa shape index (κ1) is 11.9. The molecule has 1 unspecified atom stereocenters. The summed E-state index contributed by atoms with van der Waals surface area (Å²) in [5.41, 5.74) is 1.14. The molecule has 1 rings (SSSR count). The summed E-state index contributed by atoms with van der Waals surface area (Å²) in [6, 6.07) is 5.99. The van der Waals surface area contributed by atoms with Crippen LogP contribution in [0.2, 0.25) is 0 Å². The zero-order valence-corrected chi connectivity index (χ0v) is 10.7. The average Bonchev–Trinajstić information content (AvgIpc) is 2.16. The lowest BCUT2D eigenvalue weighted by Gasteiger charge is -2.12. The van der Waals surface area contributed by atoms with E-state index in [0.717, 1.165) is 15.8 Å². The number of aryl methyl sites for hydroxylation is 1. The number of ether oxygens (including phenoxy) is 1. The second-order valence-corrected chi connectivity index (χ2v) is 4.70. The molecule has 1 aromatic rings. The van der Waals surface area contributed by atoms with Crippen LogP contribution >= 0.6 is 27.5 Å². The predicted octanol–water partition coefficient (Wildman–Crippen LogP) is 4.01. The Kier molecular flexibility index (Phi) is 4.76. The van der Waals surface area contributed by atoms with E-state index in [9.17, 15) is 0 Å². The monoisotopic (exact) mass is 276 g/mol. The summed E-state index contributed by atoms with van der Waals surface area (Å²) >= 11 is 9.11. The maximum absolute atomic E-state index is 5.70. The molecule has 1 nitrogen and oxygen atoms in total. The lowest BCUT2D eigenvalue weighted by molar-refractivity contribution is 0.271. The summed E-state index contributed by atoms with van der Waals surface area (Å²) in [4.78, 5) is 0. The molecule has 0 saturated carbocycles. The van der Waals surface area contributed by atoms with Gasteiger partial charge in [-0.25, -0.2) is 0 Å². The van der Waals surface area contributed by atoms with Crippen LogP contribution in [-0.4, -0.2) is 12.5 Å². The van der Waals surface area contributed by atoms with Gasteiger partial charge in [-0.2, -0.15) is 0 Å². The van der Waals surface area contributed by atoms with Gasteiger partial charge < -0.3 is 4.74 Å². The normalized spacial score (nSPS) is 12.6. The predicted molar refractivity (Wildman–Crippen MR) is 64.3 cm³/mol. The van der Waals surface area contributed by atoms with Crippen molar-refractivity contribution >= 4 is 27.5 Å². The lowest BCUT2D eigenvalue weighted by atomic mass is 10.2. The third-order valence-corrected chi connectivity index (χ3v) is 2.94. The summed E-state index contributed by atoms with van der Waals surface area (Å²) in [7, 11) is 0. The van der Waals surface area contributed by atoms with E-state index >= 15 is 0 Å². The number of hydrogen-bond acceptors (Lipinski definition) is 1. The van der Waals surface area contributed by atoms with Gasteiger partial charge in [0.05, 0.1) is 6.61 Å². The Bertz CT molecular complexity index is 301. The topological polar surface area (TPSA) is 9.23 Å². The van der Waals surface area contributed by atoms with Crippen molar-refractivity contribution in [1.29, 1.82) is 0 Å². The number of halogens is 2. The highest BCUT2D eigenvalue weighted by molar-refractivity contribution is 9.10. The van der Waals surface area contributed by atoms with Crippen LogP contribution in [0.5, 0.6) is 5.75 Å². The quantitative estimate of drug-likeness (QED) is 0.756. The Morgan fingerprint density at radius 3 is 2.79 bits per heavy atom. The summed E-state index contributed by atoms with van der Waals surface area (Å²) < 4.78 is 6.72. The molecule has 0 N–H and O–H groups in total. The smallest absolute Gasteiger partial charge is 0.122 e. The van der Waals surface area contributed by atoms with Crippen molar-refractivity contribution in [2.24, 2.45) is 5.92 Å². The SMILES string of the molecule is Cc1cc(Br)ccc1OCC(C)CCl. The zero-order chi connectivity index (χ0) is 10.6. The number of hydrogen-bond donors (Lipinski definition) is 0. The Morgan fingerprint density at radius 1 is 1.50 bits per heavy atom. The molecular weight excluding hydrogens is 263 g/mol. The fourth-order valence-corrected chi connectivity index (χ4v) is 1.62. The first-order valence-electron chi connectivity index (χ1n) is 4.58. The van der Waals surface area contributed by atoms with Crippen molar-refractivity contribution < 1.29 is 4.74 Å². The molecule has 0 bridgehead atoms. The molecule has 0 radical (unpaired) electrons. The molecule has 14 heavy (non-hydrogen) atoms. The molecule has 0 heterocycles. The molecule has 0 aliphatic heterocycles. The molecule has 1 aromatic carbocycles. The van der Waals surface area contributed by atoms with E-state index in [1.165, 1.54) is 0 Å². The Hall–Kier alpha value is -0.210. The molecule has 78 valence electrons. The van der Waals surface area contributed by atoms with E-state index < -0.39 is 0 Å². The van der Waals surface area contributed by atoms with Gasteiger partial charge in [0.2, 0.25) is 0 Å². The van der Waals surface area contributed by atoms with Gasteiger partial charge in [0.25, 0.3) is 0 Å². The molecule has 0 aliphatic carbocycles. The molecule has 0 fully saturated rings. The lowest BCUT2D eigenvalue weighted by Crippen LogP contribution is -2.10. The van der Waals surface area contributed by atoms with E-state index in [-0.39, 0.29) is 0 Å². The van der Waals surface area contributed by atoms with E-state index in [4.69, 9.17) is 16.3 Å². The summed E-state index contributed by atoms with van der Waals surface area (Å²) in [5.74, 6) is 1.96. The molecular formula is C11H14BrClO. The molecule has 0 amide bonds.